The Balaban J connectivity index is 1.63. The number of hydrogen-bond donors (Lipinski definition) is 0. The van der Waals surface area contributed by atoms with Gasteiger partial charge in [-0.3, -0.25) is 4.90 Å². The summed E-state index contributed by atoms with van der Waals surface area (Å²) in [5.41, 5.74) is 2.04. The van der Waals surface area contributed by atoms with Gasteiger partial charge < -0.3 is 9.64 Å². The van der Waals surface area contributed by atoms with Crippen molar-refractivity contribution in [3.63, 3.8) is 0 Å². The van der Waals surface area contributed by atoms with Gasteiger partial charge in [-0.1, -0.05) is 6.07 Å². The van der Waals surface area contributed by atoms with E-state index in [0.29, 0.717) is 41.0 Å². The van der Waals surface area contributed by atoms with Gasteiger partial charge in [0.05, 0.1) is 23.0 Å². The number of aryl methyl sites for hydroxylation is 1. The Morgan fingerprint density at radius 2 is 1.80 bits per heavy atom. The molecule has 3 nitrogen and oxygen atoms in total. The summed E-state index contributed by atoms with van der Waals surface area (Å²) < 4.78 is 58.4. The van der Waals surface area contributed by atoms with Gasteiger partial charge >= 0.3 is 6.18 Å². The molecule has 0 radical (unpaired) electrons. The Morgan fingerprint density at radius 3 is 2.40 bits per heavy atom. The number of anilines is 1. The number of ether oxygens (including phenoxy) is 1. The Labute approximate surface area is 186 Å². The van der Waals surface area contributed by atoms with Crippen LogP contribution >= 0.6 is 27.7 Å². The van der Waals surface area contributed by atoms with Crippen LogP contribution in [0.15, 0.2) is 39.7 Å². The van der Waals surface area contributed by atoms with Crippen molar-refractivity contribution < 1.29 is 22.3 Å². The third-order valence-electron chi connectivity index (χ3n) is 4.97. The Bertz CT molecular complexity index is 886. The maximum atomic E-state index is 14.5. The minimum absolute atomic E-state index is 0.372. The van der Waals surface area contributed by atoms with Crippen molar-refractivity contribution in [2.75, 3.05) is 43.9 Å². The molecule has 30 heavy (non-hydrogen) atoms. The van der Waals surface area contributed by atoms with Crippen LogP contribution < -0.4 is 9.64 Å². The van der Waals surface area contributed by atoms with Crippen LogP contribution in [0.5, 0.6) is 5.75 Å². The van der Waals surface area contributed by atoms with Crippen LogP contribution in [0, 0.1) is 12.7 Å². The van der Waals surface area contributed by atoms with E-state index in [0.717, 1.165) is 35.4 Å². The monoisotopic (exact) mass is 506 g/mol. The number of alkyl halides is 3. The molecule has 0 atom stereocenters. The second-order valence-electron chi connectivity index (χ2n) is 7.21. The Hall–Kier alpha value is -1.45. The summed E-state index contributed by atoms with van der Waals surface area (Å²) in [5, 5.41) is 0. The van der Waals surface area contributed by atoms with Crippen LogP contribution in [-0.4, -0.2) is 50.1 Å². The smallest absolute Gasteiger partial charge is 0.398 e. The predicted molar refractivity (Wildman–Crippen MR) is 116 cm³/mol. The van der Waals surface area contributed by atoms with Crippen molar-refractivity contribution in [3.8, 4) is 5.75 Å². The van der Waals surface area contributed by atoms with Crippen molar-refractivity contribution in [1.82, 2.24) is 4.90 Å². The first-order chi connectivity index (χ1) is 14.2. The Kier molecular flexibility index (Phi) is 7.57. The minimum Gasteiger partial charge on any atom is -0.496 e. The average molecular weight is 507 g/mol. The zero-order valence-electron chi connectivity index (χ0n) is 16.7. The maximum absolute atomic E-state index is 14.5. The fraction of sp³-hybridized carbons (Fsp3) is 0.429. The molecule has 9 heteroatoms. The SMILES string of the molecule is COc1ccc(CN2CCN(c3cc(SCC(F)(F)F)c(C)cc3F)CC2)cc1Br. The standard InChI is InChI=1S/C21H23BrF4N2OS/c1-14-9-17(23)18(11-20(14)30-13-21(24,25)26)28-7-5-27(6-8-28)12-15-3-4-19(29-2)16(22)10-15/h3-4,9-11H,5-8,12-13H2,1-2H3. The predicted octanol–water partition coefficient (Wildman–Crippen LogP) is 5.88. The molecule has 0 bridgehead atoms. The third-order valence-corrected chi connectivity index (χ3v) is 6.81. The average Bonchev–Trinajstić information content (AvgIpc) is 2.68. The van der Waals surface area contributed by atoms with E-state index in [1.165, 1.54) is 6.07 Å². The van der Waals surface area contributed by atoms with Gasteiger partial charge in [0.15, 0.2) is 0 Å². The van der Waals surface area contributed by atoms with Crippen molar-refractivity contribution >= 4 is 33.4 Å². The fourth-order valence-corrected chi connectivity index (χ4v) is 4.80. The molecular formula is C21H23BrF4N2OS. The van der Waals surface area contributed by atoms with Crippen LogP contribution in [0.2, 0.25) is 0 Å². The van der Waals surface area contributed by atoms with Gasteiger partial charge in [0.2, 0.25) is 0 Å². The molecule has 0 spiro atoms. The summed E-state index contributed by atoms with van der Waals surface area (Å²) >= 11 is 4.20. The first-order valence-corrected chi connectivity index (χ1v) is 11.2. The number of hydrogen-bond acceptors (Lipinski definition) is 4. The molecule has 1 fully saturated rings. The highest BCUT2D eigenvalue weighted by Crippen LogP contribution is 2.34. The van der Waals surface area contributed by atoms with Crippen molar-refractivity contribution in [3.05, 3.63) is 51.7 Å². The molecule has 1 saturated heterocycles. The normalized spacial score (nSPS) is 15.5. The van der Waals surface area contributed by atoms with Gasteiger partial charge in [0, 0.05) is 37.6 Å². The lowest BCUT2D eigenvalue weighted by Crippen LogP contribution is -2.46. The highest BCUT2D eigenvalue weighted by Gasteiger charge is 2.28. The topological polar surface area (TPSA) is 15.7 Å². The van der Waals surface area contributed by atoms with E-state index in [9.17, 15) is 17.6 Å². The van der Waals surface area contributed by atoms with Gasteiger partial charge in [-0.05, 0) is 58.2 Å². The molecule has 0 unspecified atom stereocenters. The van der Waals surface area contributed by atoms with E-state index in [1.54, 1.807) is 20.1 Å². The van der Waals surface area contributed by atoms with Crippen LogP contribution in [0.25, 0.3) is 0 Å². The second-order valence-corrected chi connectivity index (χ2v) is 9.08. The minimum atomic E-state index is -4.26. The molecule has 0 aromatic heterocycles. The first kappa shape index (κ1) is 23.2. The molecule has 3 rings (SSSR count). The lowest BCUT2D eigenvalue weighted by atomic mass is 10.1. The summed E-state index contributed by atoms with van der Waals surface area (Å²) in [6, 6.07) is 8.83. The number of halogens is 5. The summed E-state index contributed by atoms with van der Waals surface area (Å²) in [7, 11) is 1.62. The van der Waals surface area contributed by atoms with E-state index < -0.39 is 17.7 Å². The van der Waals surface area contributed by atoms with Crippen molar-refractivity contribution in [1.29, 1.82) is 0 Å². The number of rotatable bonds is 6. The molecule has 2 aromatic carbocycles. The third kappa shape index (κ3) is 6.04. The molecule has 0 amide bonds. The van der Waals surface area contributed by atoms with Gasteiger partial charge in [-0.2, -0.15) is 13.2 Å². The van der Waals surface area contributed by atoms with Gasteiger partial charge in [-0.15, -0.1) is 11.8 Å². The lowest BCUT2D eigenvalue weighted by Gasteiger charge is -2.36. The van der Waals surface area contributed by atoms with Gasteiger partial charge in [-0.25, -0.2) is 4.39 Å². The molecule has 0 aliphatic carbocycles. The van der Waals surface area contributed by atoms with E-state index in [1.807, 2.05) is 23.1 Å². The second kappa shape index (κ2) is 9.78. The lowest BCUT2D eigenvalue weighted by molar-refractivity contribution is -0.105. The van der Waals surface area contributed by atoms with Gasteiger partial charge in [0.25, 0.3) is 0 Å². The van der Waals surface area contributed by atoms with E-state index in [-0.39, 0.29) is 0 Å². The van der Waals surface area contributed by atoms with Crippen LogP contribution in [0.4, 0.5) is 23.2 Å². The first-order valence-electron chi connectivity index (χ1n) is 9.45. The molecule has 1 aliphatic heterocycles. The Morgan fingerprint density at radius 1 is 1.10 bits per heavy atom. The zero-order valence-corrected chi connectivity index (χ0v) is 19.1. The molecular weight excluding hydrogens is 484 g/mol. The van der Waals surface area contributed by atoms with E-state index >= 15 is 0 Å². The maximum Gasteiger partial charge on any atom is 0.398 e. The van der Waals surface area contributed by atoms with Crippen molar-refractivity contribution in [2.45, 2.75) is 24.5 Å². The summed E-state index contributed by atoms with van der Waals surface area (Å²) in [5.74, 6) is -0.599. The molecule has 2 aromatic rings. The van der Waals surface area contributed by atoms with Crippen LogP contribution in [-0.2, 0) is 6.54 Å². The number of thioether (sulfide) groups is 1. The van der Waals surface area contributed by atoms with E-state index in [4.69, 9.17) is 4.74 Å². The quantitative estimate of drug-likeness (QED) is 0.358. The number of nitrogens with zero attached hydrogens (tertiary/aromatic N) is 2. The molecule has 0 N–H and O–H groups in total. The molecule has 1 aliphatic rings. The zero-order chi connectivity index (χ0) is 21.9. The molecule has 164 valence electrons. The summed E-state index contributed by atoms with van der Waals surface area (Å²) in [6.07, 6.45) is -4.26. The molecule has 1 heterocycles. The fourth-order valence-electron chi connectivity index (χ4n) is 3.41. The number of methoxy groups -OCH3 is 1. The highest BCUT2D eigenvalue weighted by atomic mass is 79.9. The number of piperazine rings is 1. The van der Waals surface area contributed by atoms with Crippen LogP contribution in [0.1, 0.15) is 11.1 Å². The van der Waals surface area contributed by atoms with Crippen molar-refractivity contribution in [2.24, 2.45) is 0 Å². The largest absolute Gasteiger partial charge is 0.496 e. The summed E-state index contributed by atoms with van der Waals surface area (Å²) in [4.78, 5) is 4.65. The van der Waals surface area contributed by atoms with Gasteiger partial charge in [0.1, 0.15) is 11.6 Å². The molecule has 0 saturated carbocycles. The summed E-state index contributed by atoms with van der Waals surface area (Å²) in [6.45, 7) is 5.10. The number of benzene rings is 2. The van der Waals surface area contributed by atoms with E-state index in [2.05, 4.69) is 20.8 Å². The van der Waals surface area contributed by atoms with Crippen LogP contribution in [0.3, 0.4) is 0 Å². The highest BCUT2D eigenvalue weighted by molar-refractivity contribution is 9.10.